The van der Waals surface area contributed by atoms with E-state index in [1.54, 1.807) is 31.2 Å². The number of hydrogen-bond acceptors (Lipinski definition) is 5. The molecule has 29 heavy (non-hydrogen) atoms. The number of rotatable bonds is 7. The summed E-state index contributed by atoms with van der Waals surface area (Å²) in [5.41, 5.74) is 6.76. The summed E-state index contributed by atoms with van der Waals surface area (Å²) in [6.45, 7) is 4.26. The quantitative estimate of drug-likeness (QED) is 0.221. The first-order chi connectivity index (χ1) is 13.5. The van der Waals surface area contributed by atoms with E-state index >= 15 is 0 Å². The van der Waals surface area contributed by atoms with Crippen LogP contribution < -0.4 is 21.5 Å². The fourth-order valence-corrected chi connectivity index (χ4v) is 2.24. The van der Waals surface area contributed by atoms with Crippen molar-refractivity contribution in [2.45, 2.75) is 26.9 Å². The number of hydrazone groups is 2. The van der Waals surface area contributed by atoms with E-state index in [-0.39, 0.29) is 10.9 Å². The monoisotopic (exact) mass is 446 g/mol. The number of nitrogens with zero attached hydrogens (tertiary/aromatic N) is 2. The molecule has 0 aromatic heterocycles. The predicted molar refractivity (Wildman–Crippen MR) is 115 cm³/mol. The van der Waals surface area contributed by atoms with Gasteiger partial charge in [-0.15, -0.1) is 0 Å². The van der Waals surface area contributed by atoms with E-state index < -0.39 is 12.7 Å². The van der Waals surface area contributed by atoms with Gasteiger partial charge < -0.3 is 10.6 Å². The lowest BCUT2D eigenvalue weighted by atomic mass is 10.0. The van der Waals surface area contributed by atoms with Crippen LogP contribution in [-0.4, -0.2) is 46.7 Å². The lowest BCUT2D eigenvalue weighted by Gasteiger charge is -2.12. The van der Waals surface area contributed by atoms with Gasteiger partial charge in [0.25, 0.3) is 0 Å². The van der Waals surface area contributed by atoms with Crippen molar-refractivity contribution in [2.75, 3.05) is 13.1 Å². The fourth-order valence-electron chi connectivity index (χ4n) is 1.93. The molecule has 1 aromatic rings. The number of benzene rings is 1. The van der Waals surface area contributed by atoms with Crippen molar-refractivity contribution in [3.05, 3.63) is 35.4 Å². The summed E-state index contributed by atoms with van der Waals surface area (Å²) in [5.74, 6) is -0.103. The average molecular weight is 447 g/mol. The molecule has 0 heterocycles. The minimum atomic E-state index is -4.41. The number of halogens is 3. The summed E-state index contributed by atoms with van der Waals surface area (Å²) in [6, 6.07) is 6.50. The van der Waals surface area contributed by atoms with Crippen molar-refractivity contribution in [1.29, 1.82) is 0 Å². The zero-order chi connectivity index (χ0) is 22.0. The van der Waals surface area contributed by atoms with Crippen LogP contribution in [0, 0.1) is 0 Å². The fraction of sp³-hybridized carbons (Fsp3) is 0.353. The van der Waals surface area contributed by atoms with Crippen LogP contribution in [0.25, 0.3) is 0 Å². The van der Waals surface area contributed by atoms with Crippen LogP contribution in [0.2, 0.25) is 0 Å². The summed E-state index contributed by atoms with van der Waals surface area (Å²) in [4.78, 5) is 11.5. The summed E-state index contributed by atoms with van der Waals surface area (Å²) in [7, 11) is 0. The molecule has 0 aliphatic carbocycles. The first kappa shape index (κ1) is 24.4. The van der Waals surface area contributed by atoms with E-state index in [0.29, 0.717) is 34.2 Å². The second kappa shape index (κ2) is 11.4. The second-order valence-corrected chi connectivity index (χ2v) is 6.49. The maximum absolute atomic E-state index is 12.3. The van der Waals surface area contributed by atoms with Gasteiger partial charge in [-0.1, -0.05) is 24.3 Å². The lowest BCUT2D eigenvalue weighted by Crippen LogP contribution is -2.39. The molecule has 0 aliphatic heterocycles. The number of nitrogens with one attached hydrogen (secondary N) is 4. The number of hydrogen-bond donors (Lipinski definition) is 4. The zero-order valence-corrected chi connectivity index (χ0v) is 17.6. The normalized spacial score (nSPS) is 12.2. The van der Waals surface area contributed by atoms with Gasteiger partial charge in [0.2, 0.25) is 0 Å². The molecule has 0 bridgehead atoms. The molecule has 0 aliphatic rings. The predicted octanol–water partition coefficient (Wildman–Crippen LogP) is 2.48. The van der Waals surface area contributed by atoms with Crippen molar-refractivity contribution >= 4 is 51.9 Å². The van der Waals surface area contributed by atoms with Gasteiger partial charge in [0.05, 0.1) is 5.71 Å². The van der Waals surface area contributed by atoms with E-state index in [1.807, 2.05) is 12.2 Å². The van der Waals surface area contributed by atoms with Crippen molar-refractivity contribution < 1.29 is 18.0 Å². The third-order valence-electron chi connectivity index (χ3n) is 3.29. The standard InChI is InChI=1S/C17H21F3N6OS2/c1-4-21-15(28)25-23-10(2)14(13-7-5-12(6-8-13)11(3)27)24-26-16(29)22-9-17(18,19)20/h5-8H,4,9H2,1-3H3,(H2,21,25,28)(H2,22,26,29). The van der Waals surface area contributed by atoms with Crippen LogP contribution in [0.3, 0.4) is 0 Å². The molecule has 0 atom stereocenters. The minimum absolute atomic E-state index is 0.103. The highest BCUT2D eigenvalue weighted by molar-refractivity contribution is 7.80. The molecular formula is C17H21F3N6OS2. The SMILES string of the molecule is CCNC(=S)NN=C(C)C(=NNC(=S)NCC(F)(F)F)c1ccc(C(C)=O)cc1. The van der Waals surface area contributed by atoms with Gasteiger partial charge in [0.1, 0.15) is 12.3 Å². The number of alkyl halides is 3. The van der Waals surface area contributed by atoms with Crippen molar-refractivity contribution in [3.8, 4) is 0 Å². The zero-order valence-electron chi connectivity index (χ0n) is 16.0. The van der Waals surface area contributed by atoms with Gasteiger partial charge in [-0.05, 0) is 45.2 Å². The number of carbonyl (C=O) groups is 1. The molecule has 0 amide bonds. The maximum atomic E-state index is 12.3. The average Bonchev–Trinajstić information content (AvgIpc) is 2.65. The molecule has 12 heteroatoms. The molecule has 0 unspecified atom stereocenters. The molecule has 0 radical (unpaired) electrons. The molecule has 7 nitrogen and oxygen atoms in total. The largest absolute Gasteiger partial charge is 0.405 e. The van der Waals surface area contributed by atoms with Crippen LogP contribution in [0.5, 0.6) is 0 Å². The summed E-state index contributed by atoms with van der Waals surface area (Å²) in [5, 5.41) is 13.1. The van der Waals surface area contributed by atoms with Gasteiger partial charge in [-0.25, -0.2) is 0 Å². The van der Waals surface area contributed by atoms with Crippen molar-refractivity contribution in [3.63, 3.8) is 0 Å². The van der Waals surface area contributed by atoms with Gasteiger partial charge in [0, 0.05) is 17.7 Å². The Bertz CT molecular complexity index is 806. The Morgan fingerprint density at radius 2 is 1.48 bits per heavy atom. The Labute approximate surface area is 177 Å². The van der Waals surface area contributed by atoms with Gasteiger partial charge in [-0.3, -0.25) is 15.6 Å². The third-order valence-corrected chi connectivity index (χ3v) is 3.76. The van der Waals surface area contributed by atoms with Crippen LogP contribution in [0.15, 0.2) is 34.5 Å². The summed E-state index contributed by atoms with van der Waals surface area (Å²) >= 11 is 9.85. The smallest absolute Gasteiger partial charge is 0.362 e. The van der Waals surface area contributed by atoms with Crippen molar-refractivity contribution in [2.24, 2.45) is 10.2 Å². The number of ketones is 1. The Balaban J connectivity index is 3.07. The Morgan fingerprint density at radius 3 is 2.00 bits per heavy atom. The highest BCUT2D eigenvalue weighted by atomic mass is 32.1. The van der Waals surface area contributed by atoms with E-state index in [1.165, 1.54) is 6.92 Å². The maximum Gasteiger partial charge on any atom is 0.405 e. The highest BCUT2D eigenvalue weighted by Crippen LogP contribution is 2.12. The summed E-state index contributed by atoms with van der Waals surface area (Å²) < 4.78 is 36.9. The topological polar surface area (TPSA) is 89.9 Å². The Hall–Kier alpha value is -2.60. The number of thiocarbonyl (C=S) groups is 2. The minimum Gasteiger partial charge on any atom is -0.362 e. The van der Waals surface area contributed by atoms with Crippen LogP contribution in [0.1, 0.15) is 36.7 Å². The molecule has 0 saturated heterocycles. The van der Waals surface area contributed by atoms with E-state index in [9.17, 15) is 18.0 Å². The molecule has 158 valence electrons. The Morgan fingerprint density at radius 1 is 0.966 bits per heavy atom. The molecule has 1 rings (SSSR count). The van der Waals surface area contributed by atoms with Crippen LogP contribution >= 0.6 is 24.4 Å². The van der Waals surface area contributed by atoms with E-state index in [4.69, 9.17) is 24.4 Å². The van der Waals surface area contributed by atoms with Gasteiger partial charge in [0.15, 0.2) is 16.0 Å². The van der Waals surface area contributed by atoms with Crippen LogP contribution in [0.4, 0.5) is 13.2 Å². The number of Topliss-reactive ketones (excluding diaryl/α,β-unsaturated/α-hetero) is 1. The Kier molecular flexibility index (Phi) is 9.62. The molecule has 0 fully saturated rings. The molecule has 1 aromatic carbocycles. The first-order valence-corrected chi connectivity index (χ1v) is 9.23. The second-order valence-electron chi connectivity index (χ2n) is 5.67. The van der Waals surface area contributed by atoms with Gasteiger partial charge in [-0.2, -0.15) is 23.4 Å². The van der Waals surface area contributed by atoms with E-state index in [0.717, 1.165) is 0 Å². The molecule has 4 N–H and O–H groups in total. The lowest BCUT2D eigenvalue weighted by molar-refractivity contribution is -0.122. The molecule has 0 saturated carbocycles. The third kappa shape index (κ3) is 9.43. The van der Waals surface area contributed by atoms with Crippen molar-refractivity contribution in [1.82, 2.24) is 21.5 Å². The van der Waals surface area contributed by atoms with E-state index in [2.05, 4.69) is 26.4 Å². The number of carbonyl (C=O) groups excluding carboxylic acids is 1. The highest BCUT2D eigenvalue weighted by Gasteiger charge is 2.27. The molecule has 0 spiro atoms. The van der Waals surface area contributed by atoms with Crippen LogP contribution in [-0.2, 0) is 0 Å². The van der Waals surface area contributed by atoms with Gasteiger partial charge >= 0.3 is 6.18 Å². The first-order valence-electron chi connectivity index (χ1n) is 8.41. The summed E-state index contributed by atoms with van der Waals surface area (Å²) in [6.07, 6.45) is -4.41. The molecular weight excluding hydrogens is 425 g/mol.